The summed E-state index contributed by atoms with van der Waals surface area (Å²) in [5, 5.41) is 12.7. The van der Waals surface area contributed by atoms with E-state index in [0.717, 1.165) is 43.0 Å². The number of para-hydroxylation sites is 2. The molecule has 5 heteroatoms. The van der Waals surface area contributed by atoms with Crippen molar-refractivity contribution in [2.45, 2.75) is 44.9 Å². The van der Waals surface area contributed by atoms with Gasteiger partial charge in [0.25, 0.3) is 0 Å². The molecule has 1 aromatic carbocycles. The zero-order valence-corrected chi connectivity index (χ0v) is 12.5. The highest BCUT2D eigenvalue weighted by molar-refractivity contribution is 5.78. The molecule has 0 unspecified atom stereocenters. The van der Waals surface area contributed by atoms with E-state index in [-0.39, 0.29) is 6.10 Å². The van der Waals surface area contributed by atoms with Gasteiger partial charge in [0.05, 0.1) is 29.8 Å². The molecule has 1 aromatic heterocycles. The predicted octanol–water partition coefficient (Wildman–Crippen LogP) is 2.40. The van der Waals surface area contributed by atoms with Gasteiger partial charge in [0, 0.05) is 13.2 Å². The number of aliphatic hydroxyl groups excluding tert-OH is 1. The van der Waals surface area contributed by atoms with Crippen molar-refractivity contribution in [2.24, 2.45) is 0 Å². The smallest absolute Gasteiger partial charge is 0.204 e. The van der Waals surface area contributed by atoms with Crippen LogP contribution in [0, 0.1) is 0 Å². The maximum Gasteiger partial charge on any atom is 0.204 e. The van der Waals surface area contributed by atoms with E-state index in [9.17, 15) is 5.11 Å². The van der Waals surface area contributed by atoms with Crippen LogP contribution in [0.5, 0.6) is 0 Å². The highest BCUT2D eigenvalue weighted by atomic mass is 16.5. The monoisotopic (exact) mass is 289 g/mol. The zero-order chi connectivity index (χ0) is 14.7. The summed E-state index contributed by atoms with van der Waals surface area (Å²) in [6, 6.07) is 8.12. The van der Waals surface area contributed by atoms with Crippen molar-refractivity contribution in [1.29, 1.82) is 0 Å². The highest BCUT2D eigenvalue weighted by Gasteiger charge is 2.18. The molecule has 1 saturated heterocycles. The number of aliphatic hydroxyl groups is 1. The summed E-state index contributed by atoms with van der Waals surface area (Å²) in [5.74, 6) is 0.811. The molecule has 0 amide bonds. The van der Waals surface area contributed by atoms with E-state index < -0.39 is 6.10 Å². The first-order valence-corrected chi connectivity index (χ1v) is 7.73. The van der Waals surface area contributed by atoms with E-state index in [1.54, 1.807) is 6.92 Å². The number of fused-ring (bicyclic) bond motifs is 1. The van der Waals surface area contributed by atoms with Gasteiger partial charge in [0.2, 0.25) is 5.95 Å². The van der Waals surface area contributed by atoms with Gasteiger partial charge < -0.3 is 19.7 Å². The Labute approximate surface area is 124 Å². The summed E-state index contributed by atoms with van der Waals surface area (Å²) < 4.78 is 8.03. The van der Waals surface area contributed by atoms with Gasteiger partial charge in [-0.1, -0.05) is 12.1 Å². The van der Waals surface area contributed by atoms with Crippen molar-refractivity contribution in [3.05, 3.63) is 24.3 Å². The second kappa shape index (κ2) is 6.45. The third kappa shape index (κ3) is 3.36. The summed E-state index contributed by atoms with van der Waals surface area (Å²) in [6.07, 6.45) is 3.34. The van der Waals surface area contributed by atoms with Crippen molar-refractivity contribution < 1.29 is 9.84 Å². The molecule has 1 fully saturated rings. The molecule has 0 aliphatic carbocycles. The zero-order valence-electron chi connectivity index (χ0n) is 12.5. The number of ether oxygens (including phenoxy) is 1. The number of nitrogens with one attached hydrogen (secondary N) is 1. The van der Waals surface area contributed by atoms with Crippen LogP contribution in [0.15, 0.2) is 24.3 Å². The summed E-state index contributed by atoms with van der Waals surface area (Å²) in [4.78, 5) is 4.64. The predicted molar refractivity (Wildman–Crippen MR) is 83.5 cm³/mol. The number of hydrogen-bond donors (Lipinski definition) is 2. The fourth-order valence-corrected chi connectivity index (χ4v) is 2.79. The fraction of sp³-hybridized carbons (Fsp3) is 0.562. The molecule has 1 aliphatic heterocycles. The summed E-state index contributed by atoms with van der Waals surface area (Å²) in [6.45, 7) is 3.93. The van der Waals surface area contributed by atoms with Crippen LogP contribution in [-0.2, 0) is 11.3 Å². The second-order valence-corrected chi connectivity index (χ2v) is 5.75. The number of imidazole rings is 1. The minimum atomic E-state index is -0.399. The molecule has 2 heterocycles. The molecule has 1 aliphatic rings. The van der Waals surface area contributed by atoms with Gasteiger partial charge in [0.1, 0.15) is 0 Å². The number of hydrogen-bond acceptors (Lipinski definition) is 4. The molecule has 0 saturated carbocycles. The van der Waals surface area contributed by atoms with Gasteiger partial charge in [-0.15, -0.1) is 0 Å². The van der Waals surface area contributed by atoms with E-state index in [0.29, 0.717) is 6.54 Å². The molecule has 5 nitrogen and oxygen atoms in total. The van der Waals surface area contributed by atoms with Crippen molar-refractivity contribution in [2.75, 3.05) is 18.5 Å². The van der Waals surface area contributed by atoms with Crippen molar-refractivity contribution >= 4 is 17.0 Å². The Morgan fingerprint density at radius 2 is 2.29 bits per heavy atom. The van der Waals surface area contributed by atoms with Crippen LogP contribution in [0.3, 0.4) is 0 Å². The number of aromatic nitrogens is 2. The minimum absolute atomic E-state index is 0.253. The van der Waals surface area contributed by atoms with Gasteiger partial charge in [-0.2, -0.15) is 0 Å². The van der Waals surface area contributed by atoms with Crippen LogP contribution in [0.4, 0.5) is 5.95 Å². The lowest BCUT2D eigenvalue weighted by Crippen LogP contribution is -2.26. The van der Waals surface area contributed by atoms with E-state index in [2.05, 4.69) is 20.9 Å². The molecular weight excluding hydrogens is 266 g/mol. The normalized spacial score (nSPS) is 20.6. The first-order valence-electron chi connectivity index (χ1n) is 7.73. The summed E-state index contributed by atoms with van der Waals surface area (Å²) >= 11 is 0. The van der Waals surface area contributed by atoms with Crippen LogP contribution in [0.25, 0.3) is 11.0 Å². The standard InChI is InChI=1S/C16H23N3O2/c1-12(20)10-17-16-18-14-7-2-3-8-15(14)19(16)11-13-6-4-5-9-21-13/h2-3,7-8,12-13,20H,4-6,9-11H2,1H3,(H,17,18)/t12-,13+/m1/s1. The Bertz CT molecular complexity index is 588. The van der Waals surface area contributed by atoms with E-state index in [4.69, 9.17) is 4.74 Å². The number of nitrogens with zero attached hydrogens (tertiary/aromatic N) is 2. The number of rotatable bonds is 5. The van der Waals surface area contributed by atoms with Crippen LogP contribution in [0.1, 0.15) is 26.2 Å². The van der Waals surface area contributed by atoms with E-state index >= 15 is 0 Å². The molecule has 3 rings (SSSR count). The van der Waals surface area contributed by atoms with Crippen LogP contribution >= 0.6 is 0 Å². The van der Waals surface area contributed by atoms with Gasteiger partial charge >= 0.3 is 0 Å². The van der Waals surface area contributed by atoms with Crippen molar-refractivity contribution in [3.63, 3.8) is 0 Å². The molecule has 0 bridgehead atoms. The lowest BCUT2D eigenvalue weighted by molar-refractivity contribution is 0.00690. The van der Waals surface area contributed by atoms with Gasteiger partial charge in [-0.05, 0) is 38.3 Å². The maximum absolute atomic E-state index is 9.48. The average Bonchev–Trinajstić information content (AvgIpc) is 2.84. The largest absolute Gasteiger partial charge is 0.392 e. The van der Waals surface area contributed by atoms with Crippen molar-refractivity contribution in [1.82, 2.24) is 9.55 Å². The molecule has 0 radical (unpaired) electrons. The quantitative estimate of drug-likeness (QED) is 0.887. The fourth-order valence-electron chi connectivity index (χ4n) is 2.79. The van der Waals surface area contributed by atoms with E-state index in [1.165, 1.54) is 6.42 Å². The van der Waals surface area contributed by atoms with Crippen LogP contribution in [0.2, 0.25) is 0 Å². The topological polar surface area (TPSA) is 59.3 Å². The molecule has 0 spiro atoms. The Morgan fingerprint density at radius 3 is 3.05 bits per heavy atom. The minimum Gasteiger partial charge on any atom is -0.392 e. The Hall–Kier alpha value is -1.59. The van der Waals surface area contributed by atoms with Gasteiger partial charge in [-0.3, -0.25) is 0 Å². The second-order valence-electron chi connectivity index (χ2n) is 5.75. The highest BCUT2D eigenvalue weighted by Crippen LogP contribution is 2.23. The lowest BCUT2D eigenvalue weighted by Gasteiger charge is -2.24. The Kier molecular flexibility index (Phi) is 4.41. The molecule has 114 valence electrons. The SMILES string of the molecule is C[C@@H](O)CNc1nc2ccccc2n1C[C@@H]1CCCCO1. The summed E-state index contributed by atoms with van der Waals surface area (Å²) in [5.41, 5.74) is 2.08. The first kappa shape index (κ1) is 14.4. The van der Waals surface area contributed by atoms with Crippen LogP contribution < -0.4 is 5.32 Å². The number of benzene rings is 1. The molecule has 2 N–H and O–H groups in total. The Balaban J connectivity index is 1.87. The van der Waals surface area contributed by atoms with Gasteiger partial charge in [-0.25, -0.2) is 4.98 Å². The maximum atomic E-state index is 9.48. The average molecular weight is 289 g/mol. The van der Waals surface area contributed by atoms with E-state index in [1.807, 2.05) is 18.2 Å². The Morgan fingerprint density at radius 1 is 1.43 bits per heavy atom. The molecule has 2 aromatic rings. The van der Waals surface area contributed by atoms with Crippen LogP contribution in [-0.4, -0.2) is 40.0 Å². The van der Waals surface area contributed by atoms with Crippen molar-refractivity contribution in [3.8, 4) is 0 Å². The number of anilines is 1. The molecule has 2 atom stereocenters. The lowest BCUT2D eigenvalue weighted by atomic mass is 10.1. The van der Waals surface area contributed by atoms with Gasteiger partial charge in [0.15, 0.2) is 0 Å². The molecular formula is C16H23N3O2. The third-order valence-electron chi connectivity index (χ3n) is 3.87. The third-order valence-corrected chi connectivity index (χ3v) is 3.87. The molecule has 21 heavy (non-hydrogen) atoms. The first-order chi connectivity index (χ1) is 10.2. The summed E-state index contributed by atoms with van der Waals surface area (Å²) in [7, 11) is 0.